The molecule has 25 heavy (non-hydrogen) atoms. The average Bonchev–Trinajstić information content (AvgIpc) is 2.96. The van der Waals surface area contributed by atoms with Crippen molar-refractivity contribution in [2.45, 2.75) is 23.0 Å². The summed E-state index contributed by atoms with van der Waals surface area (Å²) in [6.07, 6.45) is 1.62. The Bertz CT molecular complexity index is 852. The zero-order valence-electron chi connectivity index (χ0n) is 13.9. The van der Waals surface area contributed by atoms with Gasteiger partial charge in [-0.25, -0.2) is 8.42 Å². The number of hydrogen-bond donors (Lipinski definition) is 0. The Labute approximate surface area is 153 Å². The molecule has 0 N–H and O–H groups in total. The molecule has 0 aromatic heterocycles. The highest BCUT2D eigenvalue weighted by Gasteiger charge is 2.29. The van der Waals surface area contributed by atoms with Crippen molar-refractivity contribution in [2.24, 2.45) is 0 Å². The monoisotopic (exact) mass is 375 g/mol. The molecule has 2 aliphatic heterocycles. The third-order valence-electron chi connectivity index (χ3n) is 4.77. The lowest BCUT2D eigenvalue weighted by Crippen LogP contribution is -2.33. The molecule has 0 saturated carbocycles. The summed E-state index contributed by atoms with van der Waals surface area (Å²) in [7, 11) is -3.45. The van der Waals surface area contributed by atoms with Gasteiger partial charge in [-0.05, 0) is 35.7 Å². The molecule has 2 aromatic rings. The van der Waals surface area contributed by atoms with Crippen LogP contribution in [0.25, 0.3) is 0 Å². The molecule has 132 valence electrons. The van der Waals surface area contributed by atoms with Gasteiger partial charge in [0, 0.05) is 30.5 Å². The molecular weight excluding hydrogens is 354 g/mol. The molecule has 4 nitrogen and oxygen atoms in total. The zero-order valence-corrected chi connectivity index (χ0v) is 15.6. The summed E-state index contributed by atoms with van der Waals surface area (Å²) in [4.78, 5) is 0.389. The van der Waals surface area contributed by atoms with Gasteiger partial charge in [-0.1, -0.05) is 30.3 Å². The molecular formula is C19H21NO3S2. The number of thioether (sulfide) groups is 1. The lowest BCUT2D eigenvalue weighted by Gasteiger charge is -2.20. The number of sulfonamides is 1. The first-order valence-electron chi connectivity index (χ1n) is 8.57. The Kier molecular flexibility index (Phi) is 4.75. The maximum Gasteiger partial charge on any atom is 0.243 e. The van der Waals surface area contributed by atoms with Gasteiger partial charge in [0.05, 0.1) is 11.5 Å². The number of rotatable bonds is 3. The zero-order chi connectivity index (χ0) is 17.3. The molecule has 0 bridgehead atoms. The Morgan fingerprint density at radius 1 is 1.08 bits per heavy atom. The third-order valence-corrected chi connectivity index (χ3v) is 7.99. The van der Waals surface area contributed by atoms with Gasteiger partial charge in [-0.15, -0.1) is 0 Å². The third kappa shape index (κ3) is 3.43. The molecule has 0 amide bonds. The normalized spacial score (nSPS) is 21.4. The van der Waals surface area contributed by atoms with E-state index in [4.69, 9.17) is 4.74 Å². The number of benzene rings is 2. The van der Waals surface area contributed by atoms with E-state index >= 15 is 0 Å². The van der Waals surface area contributed by atoms with Crippen molar-refractivity contribution in [3.63, 3.8) is 0 Å². The fraction of sp³-hybridized carbons (Fsp3) is 0.368. The SMILES string of the molecule is O=S(=O)(c1ccc2c(c1)CCO2)N1CCSC(c2ccccc2)CC1. The van der Waals surface area contributed by atoms with Gasteiger partial charge in [-0.3, -0.25) is 0 Å². The van der Waals surface area contributed by atoms with Crippen molar-refractivity contribution < 1.29 is 13.2 Å². The molecule has 2 aliphatic rings. The van der Waals surface area contributed by atoms with E-state index in [1.807, 2.05) is 30.0 Å². The van der Waals surface area contributed by atoms with Crippen LogP contribution in [0.15, 0.2) is 53.4 Å². The second-order valence-electron chi connectivity index (χ2n) is 6.33. The maximum absolute atomic E-state index is 13.1. The van der Waals surface area contributed by atoms with Crippen LogP contribution in [0.2, 0.25) is 0 Å². The second kappa shape index (κ2) is 7.02. The molecule has 0 aliphatic carbocycles. The van der Waals surface area contributed by atoms with E-state index in [0.29, 0.717) is 29.8 Å². The number of nitrogens with zero attached hydrogens (tertiary/aromatic N) is 1. The predicted octanol–water partition coefficient (Wildman–Crippen LogP) is 3.49. The first-order chi connectivity index (χ1) is 12.1. The van der Waals surface area contributed by atoms with Gasteiger partial charge in [0.2, 0.25) is 10.0 Å². The summed E-state index contributed by atoms with van der Waals surface area (Å²) in [5, 5.41) is 0.356. The van der Waals surface area contributed by atoms with Crippen molar-refractivity contribution in [2.75, 3.05) is 25.4 Å². The lowest BCUT2D eigenvalue weighted by atomic mass is 10.1. The van der Waals surface area contributed by atoms with Crippen LogP contribution in [0.5, 0.6) is 5.75 Å². The molecule has 0 radical (unpaired) electrons. The van der Waals surface area contributed by atoms with E-state index in [-0.39, 0.29) is 0 Å². The van der Waals surface area contributed by atoms with Gasteiger partial charge >= 0.3 is 0 Å². The first-order valence-corrected chi connectivity index (χ1v) is 11.1. The summed E-state index contributed by atoms with van der Waals surface area (Å²) in [5.74, 6) is 1.63. The summed E-state index contributed by atoms with van der Waals surface area (Å²) >= 11 is 1.85. The maximum atomic E-state index is 13.1. The van der Waals surface area contributed by atoms with E-state index < -0.39 is 10.0 Å². The summed E-state index contributed by atoms with van der Waals surface area (Å²) in [5.41, 5.74) is 2.27. The minimum absolute atomic E-state index is 0.356. The highest BCUT2D eigenvalue weighted by atomic mass is 32.2. The van der Waals surface area contributed by atoms with Crippen molar-refractivity contribution in [3.05, 3.63) is 59.7 Å². The minimum Gasteiger partial charge on any atom is -0.493 e. The van der Waals surface area contributed by atoms with Crippen LogP contribution < -0.4 is 4.74 Å². The van der Waals surface area contributed by atoms with Crippen LogP contribution in [0.1, 0.15) is 22.8 Å². The average molecular weight is 376 g/mol. The van der Waals surface area contributed by atoms with Crippen LogP contribution in [-0.4, -0.2) is 38.2 Å². The number of fused-ring (bicyclic) bond motifs is 1. The quantitative estimate of drug-likeness (QED) is 0.824. The lowest BCUT2D eigenvalue weighted by molar-refractivity contribution is 0.356. The van der Waals surface area contributed by atoms with Crippen molar-refractivity contribution in [1.29, 1.82) is 0 Å². The largest absolute Gasteiger partial charge is 0.493 e. The first kappa shape index (κ1) is 16.9. The number of ether oxygens (including phenoxy) is 1. The van der Waals surface area contributed by atoms with Crippen LogP contribution in [0.4, 0.5) is 0 Å². The van der Waals surface area contributed by atoms with E-state index in [1.54, 1.807) is 22.5 Å². The van der Waals surface area contributed by atoms with Crippen LogP contribution in [0.3, 0.4) is 0 Å². The van der Waals surface area contributed by atoms with Gasteiger partial charge in [0.15, 0.2) is 0 Å². The van der Waals surface area contributed by atoms with E-state index in [2.05, 4.69) is 12.1 Å². The fourth-order valence-electron chi connectivity index (χ4n) is 3.40. The van der Waals surface area contributed by atoms with E-state index in [9.17, 15) is 8.42 Å². The predicted molar refractivity (Wildman–Crippen MR) is 101 cm³/mol. The summed E-state index contributed by atoms with van der Waals surface area (Å²) in [6, 6.07) is 15.6. The molecule has 2 heterocycles. The topological polar surface area (TPSA) is 46.6 Å². The minimum atomic E-state index is -3.45. The van der Waals surface area contributed by atoms with Gasteiger partial charge in [0.1, 0.15) is 5.75 Å². The molecule has 4 rings (SSSR count). The van der Waals surface area contributed by atoms with Gasteiger partial charge in [0.25, 0.3) is 0 Å². The van der Waals surface area contributed by atoms with Crippen LogP contribution in [0, 0.1) is 0 Å². The fourth-order valence-corrected chi connectivity index (χ4v) is 6.25. The number of hydrogen-bond acceptors (Lipinski definition) is 4. The van der Waals surface area contributed by atoms with Gasteiger partial charge < -0.3 is 4.74 Å². The van der Waals surface area contributed by atoms with Crippen molar-refractivity contribution in [1.82, 2.24) is 4.31 Å². The summed E-state index contributed by atoms with van der Waals surface area (Å²) < 4.78 is 33.2. The molecule has 2 aromatic carbocycles. The summed E-state index contributed by atoms with van der Waals surface area (Å²) in [6.45, 7) is 1.75. The Balaban J connectivity index is 1.53. The second-order valence-corrected chi connectivity index (χ2v) is 9.58. The standard InChI is InChI=1S/C19H21NO3S2/c21-25(22,17-6-7-18-16(14-17)9-12-23-18)20-10-8-19(24-13-11-20)15-4-2-1-3-5-15/h1-7,14,19H,8-13H2. The Morgan fingerprint density at radius 2 is 1.92 bits per heavy atom. The van der Waals surface area contributed by atoms with Crippen molar-refractivity contribution in [3.8, 4) is 5.75 Å². The molecule has 1 unspecified atom stereocenters. The molecule has 6 heteroatoms. The molecule has 1 fully saturated rings. The molecule has 0 spiro atoms. The van der Waals surface area contributed by atoms with E-state index in [1.165, 1.54) is 5.56 Å². The van der Waals surface area contributed by atoms with Gasteiger partial charge in [-0.2, -0.15) is 16.1 Å². The highest BCUT2D eigenvalue weighted by Crippen LogP contribution is 2.36. The van der Waals surface area contributed by atoms with Crippen molar-refractivity contribution >= 4 is 21.8 Å². The Hall–Kier alpha value is -1.50. The molecule has 1 atom stereocenters. The Morgan fingerprint density at radius 3 is 2.76 bits per heavy atom. The smallest absolute Gasteiger partial charge is 0.243 e. The molecule has 1 saturated heterocycles. The van der Waals surface area contributed by atoms with E-state index in [0.717, 1.165) is 29.9 Å². The van der Waals surface area contributed by atoms with Crippen LogP contribution in [-0.2, 0) is 16.4 Å². The highest BCUT2D eigenvalue weighted by molar-refractivity contribution is 7.99. The van der Waals surface area contributed by atoms with Crippen LogP contribution >= 0.6 is 11.8 Å².